The van der Waals surface area contributed by atoms with Gasteiger partial charge in [0, 0.05) is 24.4 Å². The van der Waals surface area contributed by atoms with Crippen LogP contribution in [0, 0.1) is 45.3 Å². The molecule has 0 aromatic carbocycles. The summed E-state index contributed by atoms with van der Waals surface area (Å²) in [5, 5.41) is 86.2. The van der Waals surface area contributed by atoms with E-state index in [-0.39, 0.29) is 47.6 Å². The van der Waals surface area contributed by atoms with Gasteiger partial charge in [-0.05, 0) is 106 Å². The summed E-state index contributed by atoms with van der Waals surface area (Å²) in [6.07, 6.45) is -5.27. The Kier molecular flexibility index (Phi) is 12.0. The molecule has 0 radical (unpaired) electrons. The summed E-state index contributed by atoms with van der Waals surface area (Å²) >= 11 is 0. The van der Waals surface area contributed by atoms with Crippen molar-refractivity contribution in [3.8, 4) is 0 Å². The summed E-state index contributed by atoms with van der Waals surface area (Å²) in [7, 11) is 0. The van der Waals surface area contributed by atoms with Crippen LogP contribution in [0.25, 0.3) is 0 Å². The molecule has 2 saturated heterocycles. The van der Waals surface area contributed by atoms with Gasteiger partial charge in [0.1, 0.15) is 48.5 Å². The van der Waals surface area contributed by atoms with Crippen LogP contribution in [0.3, 0.4) is 0 Å². The largest absolute Gasteiger partial charge is 0.396 e. The quantitative estimate of drug-likeness (QED) is 0.118. The maximum absolute atomic E-state index is 14.0. The van der Waals surface area contributed by atoms with Crippen molar-refractivity contribution < 1.29 is 64.6 Å². The van der Waals surface area contributed by atoms with Gasteiger partial charge in [-0.25, -0.2) is 0 Å². The Morgan fingerprint density at radius 3 is 2.22 bits per heavy atom. The van der Waals surface area contributed by atoms with Gasteiger partial charge in [-0.3, -0.25) is 4.79 Å². The predicted octanol–water partition coefficient (Wildman–Crippen LogP) is 1.97. The van der Waals surface area contributed by atoms with Crippen LogP contribution in [0.4, 0.5) is 0 Å². The van der Waals surface area contributed by atoms with Crippen LogP contribution >= 0.6 is 0 Å². The van der Waals surface area contributed by atoms with Gasteiger partial charge in [-0.1, -0.05) is 39.3 Å². The summed E-state index contributed by atoms with van der Waals surface area (Å²) in [5.74, 6) is -0.0875. The lowest BCUT2D eigenvalue weighted by Gasteiger charge is -2.70. The lowest BCUT2D eigenvalue weighted by Crippen LogP contribution is -2.67. The number of aliphatic hydroxyl groups excluding tert-OH is 7. The van der Waals surface area contributed by atoms with Crippen molar-refractivity contribution >= 4 is 5.78 Å². The van der Waals surface area contributed by atoms with Gasteiger partial charge in [-0.15, -0.1) is 0 Å². The second-order valence-corrected chi connectivity index (χ2v) is 19.4. The number of carbonyl (C=O) groups excluding carboxylic acids is 1. The Balaban J connectivity index is 1.24. The van der Waals surface area contributed by atoms with Crippen LogP contribution in [0.5, 0.6) is 0 Å². The number of fused-ring (bicyclic) bond motifs is 5. The minimum atomic E-state index is -1.65. The van der Waals surface area contributed by atoms with Crippen molar-refractivity contribution in [2.75, 3.05) is 19.8 Å². The highest BCUT2D eigenvalue weighted by atomic mass is 16.8. The van der Waals surface area contributed by atoms with E-state index >= 15 is 0 Å². The molecule has 8 N–H and O–H groups in total. The molecule has 6 aliphatic rings. The van der Waals surface area contributed by atoms with E-state index in [0.29, 0.717) is 25.7 Å². The third kappa shape index (κ3) is 6.77. The van der Waals surface area contributed by atoms with Crippen molar-refractivity contribution in [1.29, 1.82) is 0 Å². The van der Waals surface area contributed by atoms with Gasteiger partial charge in [0.25, 0.3) is 0 Å². The highest BCUT2D eigenvalue weighted by Crippen LogP contribution is 2.75. The molecule has 6 fully saturated rings. The average Bonchev–Trinajstić information content (AvgIpc) is 3.39. The highest BCUT2D eigenvalue weighted by Gasteiger charge is 2.72. The summed E-state index contributed by atoms with van der Waals surface area (Å²) in [4.78, 5) is 14.0. The Morgan fingerprint density at radius 2 is 1.57 bits per heavy atom. The minimum absolute atomic E-state index is 0.0130. The molecule has 6 rings (SSSR count). The Hall–Kier alpha value is -1.07. The maximum Gasteiger partial charge on any atom is 0.187 e. The third-order valence-corrected chi connectivity index (χ3v) is 15.9. The first-order valence-electron chi connectivity index (χ1n) is 20.3. The van der Waals surface area contributed by atoms with Crippen LogP contribution in [0.1, 0.15) is 106 Å². The molecule has 2 heterocycles. The molecule has 2 unspecified atom stereocenters. The standard InChI is InChI=1S/C41H68O13/c1-21(2)9-8-14-40(7,50)29-22-10-11-27-38(5,39(22,6)17-23(29)44)15-12-26-37(3,4)28(13-16-41(26,27)20-43)53-36-34(32(48)31(47)25(18-42)52-36)54-35-33(49)30(46)24(45)19-51-35/h9,22,24-36,42-43,45-50H,8,10-20H2,1-7H3/t22-,24+,25-,26?,27+,28?,29-,30+,31-,32+,33-,34-,35+,36+,38-,39-,40+,41-/m1/s1. The molecule has 0 aromatic heterocycles. The molecule has 13 heteroatoms. The van der Waals surface area contributed by atoms with E-state index in [1.807, 2.05) is 20.8 Å². The van der Waals surface area contributed by atoms with Gasteiger partial charge in [0.05, 0.1) is 24.9 Å². The number of ether oxygens (including phenoxy) is 4. The van der Waals surface area contributed by atoms with Crippen LogP contribution in [-0.2, 0) is 23.7 Å². The maximum atomic E-state index is 14.0. The first kappa shape index (κ1) is 42.5. The number of rotatable bonds is 10. The second kappa shape index (κ2) is 15.3. The summed E-state index contributed by atoms with van der Waals surface area (Å²) in [6.45, 7) is 13.8. The first-order valence-corrected chi connectivity index (χ1v) is 20.3. The van der Waals surface area contributed by atoms with Crippen molar-refractivity contribution in [3.63, 3.8) is 0 Å². The molecule has 13 nitrogen and oxygen atoms in total. The summed E-state index contributed by atoms with van der Waals surface area (Å²) in [5.41, 5.74) is -1.50. The molecule has 4 aliphatic carbocycles. The smallest absolute Gasteiger partial charge is 0.187 e. The van der Waals surface area contributed by atoms with E-state index in [1.165, 1.54) is 5.57 Å². The fraction of sp³-hybridized carbons (Fsp3) is 0.927. The number of hydrogen-bond donors (Lipinski definition) is 8. The van der Waals surface area contributed by atoms with E-state index < -0.39 is 90.4 Å². The van der Waals surface area contributed by atoms with Crippen LogP contribution in [-0.4, -0.2) is 133 Å². The molecular formula is C41H68O13. The third-order valence-electron chi connectivity index (χ3n) is 15.9. The van der Waals surface area contributed by atoms with Gasteiger partial charge in [0.2, 0.25) is 0 Å². The molecule has 0 aromatic rings. The highest BCUT2D eigenvalue weighted by molar-refractivity contribution is 5.86. The zero-order chi connectivity index (χ0) is 39.8. The van der Waals surface area contributed by atoms with Gasteiger partial charge >= 0.3 is 0 Å². The number of carbonyl (C=O) groups is 1. The molecule has 54 heavy (non-hydrogen) atoms. The molecule has 2 aliphatic heterocycles. The Bertz CT molecular complexity index is 1380. The number of hydrogen-bond acceptors (Lipinski definition) is 13. The van der Waals surface area contributed by atoms with E-state index in [9.17, 15) is 45.6 Å². The van der Waals surface area contributed by atoms with Crippen LogP contribution in [0.2, 0.25) is 0 Å². The molecule has 4 saturated carbocycles. The Morgan fingerprint density at radius 1 is 0.870 bits per heavy atom. The van der Waals surface area contributed by atoms with Crippen molar-refractivity contribution in [2.24, 2.45) is 45.3 Å². The van der Waals surface area contributed by atoms with Crippen LogP contribution in [0.15, 0.2) is 11.6 Å². The first-order chi connectivity index (χ1) is 25.2. The van der Waals surface area contributed by atoms with Crippen molar-refractivity contribution in [2.45, 2.75) is 173 Å². The van der Waals surface area contributed by atoms with Crippen molar-refractivity contribution in [3.05, 3.63) is 11.6 Å². The fourth-order valence-corrected chi connectivity index (χ4v) is 12.8. The van der Waals surface area contributed by atoms with E-state index in [0.717, 1.165) is 32.1 Å². The second-order valence-electron chi connectivity index (χ2n) is 19.4. The zero-order valence-electron chi connectivity index (χ0n) is 33.3. The van der Waals surface area contributed by atoms with Gasteiger partial charge in [-0.2, -0.15) is 0 Å². The van der Waals surface area contributed by atoms with Crippen molar-refractivity contribution in [1.82, 2.24) is 0 Å². The van der Waals surface area contributed by atoms with E-state index in [2.05, 4.69) is 33.8 Å². The lowest BCUT2D eigenvalue weighted by atomic mass is 9.35. The lowest BCUT2D eigenvalue weighted by molar-refractivity contribution is -0.371. The normalized spacial score (nSPS) is 50.0. The molecule has 0 spiro atoms. The number of allylic oxidation sites excluding steroid dienone is 2. The SMILES string of the molecule is CC(C)=CCC[C@](C)(O)[C@H]1C(=O)C[C@]2(C)[C@@H]1CC[C@@H]1[C@@]3(CO)CCC(O[C@@H]4O[C@H](CO)[C@@H](O)[C@H](O)[C@H]4O[C@@H]4OC[C@H](O)[C@H](O)[C@H]4O)C(C)(C)C3CC[C@]12C. The number of Topliss-reactive ketones (excluding diaryl/α,β-unsaturated/α-hetero) is 1. The van der Waals surface area contributed by atoms with Gasteiger partial charge < -0.3 is 59.8 Å². The zero-order valence-corrected chi connectivity index (χ0v) is 33.3. The minimum Gasteiger partial charge on any atom is -0.396 e. The monoisotopic (exact) mass is 768 g/mol. The predicted molar refractivity (Wildman–Crippen MR) is 195 cm³/mol. The molecular weight excluding hydrogens is 700 g/mol. The fourth-order valence-electron chi connectivity index (χ4n) is 12.8. The molecule has 0 bridgehead atoms. The summed E-state index contributed by atoms with van der Waals surface area (Å²) in [6, 6.07) is 0. The average molecular weight is 769 g/mol. The van der Waals surface area contributed by atoms with E-state index in [1.54, 1.807) is 0 Å². The Labute approximate surface area is 320 Å². The molecule has 310 valence electrons. The summed E-state index contributed by atoms with van der Waals surface area (Å²) < 4.78 is 24.1. The topological polar surface area (TPSA) is 216 Å². The molecule has 18 atom stereocenters. The van der Waals surface area contributed by atoms with Crippen LogP contribution < -0.4 is 0 Å². The number of aliphatic hydroxyl groups is 8. The van der Waals surface area contributed by atoms with Gasteiger partial charge in [0.15, 0.2) is 12.6 Å². The van der Waals surface area contributed by atoms with E-state index in [4.69, 9.17) is 18.9 Å². The number of ketones is 1. The molecule has 0 amide bonds.